The third kappa shape index (κ3) is 4.56. The minimum atomic E-state index is -0.110. The van der Waals surface area contributed by atoms with Gasteiger partial charge in [0.1, 0.15) is 0 Å². The first-order chi connectivity index (χ1) is 8.95. The fourth-order valence-corrected chi connectivity index (χ4v) is 1.91. The molecule has 0 aromatic heterocycles. The molecule has 0 saturated carbocycles. The fourth-order valence-electron chi connectivity index (χ4n) is 1.91. The highest BCUT2D eigenvalue weighted by Crippen LogP contribution is 2.13. The number of hydrogen-bond acceptors (Lipinski definition) is 3. The number of nitrogens with two attached hydrogens (primary N) is 1. The summed E-state index contributed by atoms with van der Waals surface area (Å²) in [6.07, 6.45) is 0. The number of amides is 1. The van der Waals surface area contributed by atoms with E-state index in [-0.39, 0.29) is 17.7 Å². The van der Waals surface area contributed by atoms with E-state index in [9.17, 15) is 4.79 Å². The first kappa shape index (κ1) is 15.5. The van der Waals surface area contributed by atoms with Gasteiger partial charge in [-0.3, -0.25) is 4.79 Å². The van der Waals surface area contributed by atoms with Gasteiger partial charge in [0.05, 0.1) is 5.92 Å². The predicted molar refractivity (Wildman–Crippen MR) is 80.0 cm³/mol. The van der Waals surface area contributed by atoms with Gasteiger partial charge < -0.3 is 16.0 Å². The Hall–Kier alpha value is -1.55. The molecule has 0 fully saturated rings. The highest BCUT2D eigenvalue weighted by Gasteiger charge is 2.19. The molecule has 0 aliphatic carbocycles. The summed E-state index contributed by atoms with van der Waals surface area (Å²) in [7, 11) is 4.01. The van der Waals surface area contributed by atoms with E-state index in [1.165, 1.54) is 0 Å². The van der Waals surface area contributed by atoms with Gasteiger partial charge in [0.15, 0.2) is 0 Å². The van der Waals surface area contributed by atoms with Crippen molar-refractivity contribution in [3.63, 3.8) is 0 Å². The largest absolute Gasteiger partial charge is 0.378 e. The Labute approximate surface area is 116 Å². The highest BCUT2D eigenvalue weighted by molar-refractivity contribution is 5.79. The van der Waals surface area contributed by atoms with Crippen LogP contribution in [0, 0.1) is 11.8 Å². The molecular weight excluding hydrogens is 238 g/mol. The number of rotatable bonds is 6. The molecule has 1 rings (SSSR count). The summed E-state index contributed by atoms with van der Waals surface area (Å²) in [6, 6.07) is 8.15. The molecule has 0 heterocycles. The van der Waals surface area contributed by atoms with Crippen LogP contribution in [0.25, 0.3) is 0 Å². The highest BCUT2D eigenvalue weighted by atomic mass is 16.1. The van der Waals surface area contributed by atoms with Crippen LogP contribution in [-0.4, -0.2) is 26.5 Å². The Morgan fingerprint density at radius 3 is 2.26 bits per heavy atom. The first-order valence-corrected chi connectivity index (χ1v) is 6.69. The second-order valence-electron chi connectivity index (χ2n) is 5.36. The minimum absolute atomic E-state index is 0.0363. The maximum atomic E-state index is 12.0. The Bertz CT molecular complexity index is 398. The van der Waals surface area contributed by atoms with Crippen molar-refractivity contribution in [3.8, 4) is 0 Å². The van der Waals surface area contributed by atoms with E-state index in [1.807, 2.05) is 57.1 Å². The van der Waals surface area contributed by atoms with Crippen LogP contribution < -0.4 is 16.0 Å². The summed E-state index contributed by atoms with van der Waals surface area (Å²) in [5.41, 5.74) is 7.88. The number of benzene rings is 1. The standard InChI is InChI=1S/C15H25N3O/c1-11(2)14(9-16)15(19)17-10-12-5-7-13(8-6-12)18(3)4/h5-8,11,14H,9-10,16H2,1-4H3,(H,17,19). The van der Waals surface area contributed by atoms with Crippen LogP contribution in [0.3, 0.4) is 0 Å². The van der Waals surface area contributed by atoms with Gasteiger partial charge in [0, 0.05) is 32.9 Å². The van der Waals surface area contributed by atoms with Gasteiger partial charge in [-0.1, -0.05) is 26.0 Å². The zero-order valence-electron chi connectivity index (χ0n) is 12.3. The van der Waals surface area contributed by atoms with E-state index in [0.29, 0.717) is 13.1 Å². The number of hydrogen-bond donors (Lipinski definition) is 2. The minimum Gasteiger partial charge on any atom is -0.378 e. The summed E-state index contributed by atoms with van der Waals surface area (Å²) in [6.45, 7) is 4.98. The van der Waals surface area contributed by atoms with Crippen LogP contribution in [-0.2, 0) is 11.3 Å². The fraction of sp³-hybridized carbons (Fsp3) is 0.533. The van der Waals surface area contributed by atoms with Crippen LogP contribution in [0.5, 0.6) is 0 Å². The maximum Gasteiger partial charge on any atom is 0.224 e. The summed E-state index contributed by atoms with van der Waals surface area (Å²) in [4.78, 5) is 14.0. The smallest absolute Gasteiger partial charge is 0.224 e. The average molecular weight is 263 g/mol. The van der Waals surface area contributed by atoms with Crippen molar-refractivity contribution < 1.29 is 4.79 Å². The lowest BCUT2D eigenvalue weighted by atomic mass is 9.95. The Kier molecular flexibility index (Phi) is 5.83. The molecule has 0 bridgehead atoms. The van der Waals surface area contributed by atoms with Crippen LogP contribution in [0.1, 0.15) is 19.4 Å². The number of nitrogens with zero attached hydrogens (tertiary/aromatic N) is 1. The van der Waals surface area contributed by atoms with E-state index in [4.69, 9.17) is 5.73 Å². The predicted octanol–water partition coefficient (Wildman–Crippen LogP) is 1.60. The average Bonchev–Trinajstić information content (AvgIpc) is 2.37. The number of nitrogens with one attached hydrogen (secondary N) is 1. The van der Waals surface area contributed by atoms with E-state index >= 15 is 0 Å². The molecule has 1 aromatic rings. The lowest BCUT2D eigenvalue weighted by Crippen LogP contribution is -2.37. The molecule has 4 heteroatoms. The second kappa shape index (κ2) is 7.14. The van der Waals surface area contributed by atoms with Gasteiger partial charge >= 0.3 is 0 Å². The molecular formula is C15H25N3O. The monoisotopic (exact) mass is 263 g/mol. The maximum absolute atomic E-state index is 12.0. The van der Waals surface area contributed by atoms with E-state index < -0.39 is 0 Å². The first-order valence-electron chi connectivity index (χ1n) is 6.69. The third-order valence-corrected chi connectivity index (χ3v) is 3.31. The summed E-state index contributed by atoms with van der Waals surface area (Å²) < 4.78 is 0. The molecule has 106 valence electrons. The molecule has 1 aromatic carbocycles. The number of anilines is 1. The Morgan fingerprint density at radius 1 is 1.26 bits per heavy atom. The summed E-state index contributed by atoms with van der Waals surface area (Å²) in [5.74, 6) is 0.191. The van der Waals surface area contributed by atoms with Crippen LogP contribution in [0.2, 0.25) is 0 Å². The van der Waals surface area contributed by atoms with Gasteiger partial charge in [-0.25, -0.2) is 0 Å². The lowest BCUT2D eigenvalue weighted by Gasteiger charge is -2.18. The molecule has 0 radical (unpaired) electrons. The van der Waals surface area contributed by atoms with Crippen molar-refractivity contribution in [2.24, 2.45) is 17.6 Å². The van der Waals surface area contributed by atoms with Crippen LogP contribution in [0.15, 0.2) is 24.3 Å². The molecule has 0 aliphatic heterocycles. The van der Waals surface area contributed by atoms with E-state index in [0.717, 1.165) is 11.3 Å². The lowest BCUT2D eigenvalue weighted by molar-refractivity contribution is -0.126. The number of carbonyl (C=O) groups excluding carboxylic acids is 1. The van der Waals surface area contributed by atoms with Crippen molar-refractivity contribution in [2.75, 3.05) is 25.5 Å². The Morgan fingerprint density at radius 2 is 1.84 bits per heavy atom. The molecule has 0 saturated heterocycles. The van der Waals surface area contributed by atoms with Gasteiger partial charge in [-0.05, 0) is 23.6 Å². The van der Waals surface area contributed by atoms with Crippen molar-refractivity contribution in [2.45, 2.75) is 20.4 Å². The van der Waals surface area contributed by atoms with Crippen LogP contribution in [0.4, 0.5) is 5.69 Å². The topological polar surface area (TPSA) is 58.4 Å². The van der Waals surface area contributed by atoms with Gasteiger partial charge in [0.25, 0.3) is 0 Å². The molecule has 19 heavy (non-hydrogen) atoms. The van der Waals surface area contributed by atoms with E-state index in [1.54, 1.807) is 0 Å². The zero-order chi connectivity index (χ0) is 14.4. The molecule has 3 N–H and O–H groups in total. The van der Waals surface area contributed by atoms with Crippen molar-refractivity contribution in [1.82, 2.24) is 5.32 Å². The normalized spacial score (nSPS) is 12.3. The molecule has 0 spiro atoms. The Balaban J connectivity index is 2.54. The second-order valence-corrected chi connectivity index (χ2v) is 5.36. The molecule has 1 unspecified atom stereocenters. The molecule has 4 nitrogen and oxygen atoms in total. The van der Waals surface area contributed by atoms with Crippen molar-refractivity contribution in [3.05, 3.63) is 29.8 Å². The van der Waals surface area contributed by atoms with Crippen molar-refractivity contribution in [1.29, 1.82) is 0 Å². The van der Waals surface area contributed by atoms with E-state index in [2.05, 4.69) is 5.32 Å². The van der Waals surface area contributed by atoms with Gasteiger partial charge in [0.2, 0.25) is 5.91 Å². The summed E-state index contributed by atoms with van der Waals surface area (Å²) >= 11 is 0. The number of carbonyl (C=O) groups is 1. The van der Waals surface area contributed by atoms with Crippen LogP contribution >= 0.6 is 0 Å². The summed E-state index contributed by atoms with van der Waals surface area (Å²) in [5, 5.41) is 2.95. The third-order valence-electron chi connectivity index (χ3n) is 3.31. The SMILES string of the molecule is CC(C)C(CN)C(=O)NCc1ccc(N(C)C)cc1. The molecule has 0 aliphatic rings. The molecule has 1 amide bonds. The molecule has 1 atom stereocenters. The van der Waals surface area contributed by atoms with Crippen molar-refractivity contribution >= 4 is 11.6 Å². The quantitative estimate of drug-likeness (QED) is 0.819. The van der Waals surface area contributed by atoms with Gasteiger partial charge in [-0.2, -0.15) is 0 Å². The van der Waals surface area contributed by atoms with Gasteiger partial charge in [-0.15, -0.1) is 0 Å². The zero-order valence-corrected chi connectivity index (χ0v) is 12.3.